The van der Waals surface area contributed by atoms with Crippen LogP contribution in [-0.4, -0.2) is 36.1 Å². The predicted octanol–water partition coefficient (Wildman–Crippen LogP) is 0.195. The average molecular weight is 190 g/mol. The fourth-order valence-corrected chi connectivity index (χ4v) is 2.16. The number of hydrogen-bond acceptors (Lipinski definition) is 4. The van der Waals surface area contributed by atoms with E-state index < -0.39 is 0 Å². The Kier molecular flexibility index (Phi) is 1.56. The Labute approximate surface area is 83.4 Å². The van der Waals surface area contributed by atoms with Crippen LogP contribution in [0.1, 0.15) is 5.56 Å². The summed E-state index contributed by atoms with van der Waals surface area (Å²) in [5.41, 5.74) is 1.67. The first-order valence-corrected chi connectivity index (χ1v) is 5.02. The molecule has 1 aromatic heterocycles. The Bertz CT molecular complexity index is 334. The van der Waals surface area contributed by atoms with Crippen LogP contribution in [0.2, 0.25) is 0 Å². The molecular formula is C10H14N4. The van der Waals surface area contributed by atoms with Crippen molar-refractivity contribution in [1.82, 2.24) is 15.3 Å². The van der Waals surface area contributed by atoms with Crippen LogP contribution in [0.4, 0.5) is 5.95 Å². The fraction of sp³-hybridized carbons (Fsp3) is 0.600. The lowest BCUT2D eigenvalue weighted by Crippen LogP contribution is -2.71. The molecule has 74 valence electrons. The molecule has 3 heterocycles. The van der Waals surface area contributed by atoms with Gasteiger partial charge < -0.3 is 10.2 Å². The van der Waals surface area contributed by atoms with Gasteiger partial charge in [-0.25, -0.2) is 9.97 Å². The highest BCUT2D eigenvalue weighted by Crippen LogP contribution is 2.35. The molecule has 4 heteroatoms. The summed E-state index contributed by atoms with van der Waals surface area (Å²) in [5, 5.41) is 3.32. The van der Waals surface area contributed by atoms with E-state index in [1.807, 2.05) is 19.3 Å². The molecule has 0 saturated carbocycles. The second kappa shape index (κ2) is 2.67. The molecule has 2 aliphatic heterocycles. The SMILES string of the molecule is Cc1cnc(N2CC3(CNC3)C2)nc1. The molecule has 0 aromatic carbocycles. The summed E-state index contributed by atoms with van der Waals surface area (Å²) in [5.74, 6) is 0.883. The molecule has 1 aromatic rings. The molecule has 0 radical (unpaired) electrons. The van der Waals surface area contributed by atoms with Crippen molar-refractivity contribution in [3.8, 4) is 0 Å². The number of hydrogen-bond donors (Lipinski definition) is 1. The first-order chi connectivity index (χ1) is 6.77. The lowest BCUT2D eigenvalue weighted by atomic mass is 9.75. The van der Waals surface area contributed by atoms with E-state index in [2.05, 4.69) is 20.2 Å². The van der Waals surface area contributed by atoms with E-state index in [1.165, 1.54) is 0 Å². The van der Waals surface area contributed by atoms with Crippen LogP contribution in [0.15, 0.2) is 12.4 Å². The van der Waals surface area contributed by atoms with Crippen molar-refractivity contribution in [2.45, 2.75) is 6.92 Å². The quantitative estimate of drug-likeness (QED) is 0.686. The van der Waals surface area contributed by atoms with E-state index >= 15 is 0 Å². The Hall–Kier alpha value is -1.16. The van der Waals surface area contributed by atoms with Gasteiger partial charge in [-0.3, -0.25) is 0 Å². The summed E-state index contributed by atoms with van der Waals surface area (Å²) < 4.78 is 0. The summed E-state index contributed by atoms with van der Waals surface area (Å²) in [7, 11) is 0. The van der Waals surface area contributed by atoms with Gasteiger partial charge in [0.25, 0.3) is 0 Å². The first kappa shape index (κ1) is 8.17. The van der Waals surface area contributed by atoms with Gasteiger partial charge >= 0.3 is 0 Å². The molecule has 0 unspecified atom stereocenters. The van der Waals surface area contributed by atoms with Gasteiger partial charge in [-0.05, 0) is 12.5 Å². The number of nitrogens with one attached hydrogen (secondary N) is 1. The average Bonchev–Trinajstić information content (AvgIpc) is 2.03. The third-order valence-corrected chi connectivity index (χ3v) is 3.10. The van der Waals surface area contributed by atoms with Crippen LogP contribution in [0.5, 0.6) is 0 Å². The normalized spacial score (nSPS) is 23.1. The second-order valence-electron chi connectivity index (χ2n) is 4.52. The van der Waals surface area contributed by atoms with Crippen LogP contribution in [0, 0.1) is 12.3 Å². The molecule has 1 N–H and O–H groups in total. The van der Waals surface area contributed by atoms with E-state index in [0.717, 1.165) is 37.7 Å². The fourth-order valence-electron chi connectivity index (χ4n) is 2.16. The van der Waals surface area contributed by atoms with Crippen molar-refractivity contribution in [3.63, 3.8) is 0 Å². The van der Waals surface area contributed by atoms with Crippen LogP contribution in [0.3, 0.4) is 0 Å². The number of rotatable bonds is 1. The highest BCUT2D eigenvalue weighted by atomic mass is 15.3. The van der Waals surface area contributed by atoms with Crippen molar-refractivity contribution in [3.05, 3.63) is 18.0 Å². The summed E-state index contributed by atoms with van der Waals surface area (Å²) in [6.45, 7) is 6.56. The van der Waals surface area contributed by atoms with Crippen LogP contribution < -0.4 is 10.2 Å². The minimum absolute atomic E-state index is 0.550. The maximum atomic E-state index is 4.32. The molecule has 14 heavy (non-hydrogen) atoms. The van der Waals surface area contributed by atoms with Gasteiger partial charge in [0.05, 0.1) is 0 Å². The zero-order valence-corrected chi connectivity index (χ0v) is 8.32. The standard InChI is InChI=1S/C10H14N4/c1-8-2-12-9(13-3-8)14-6-10(7-14)4-11-5-10/h2-3,11H,4-7H2,1H3. The summed E-state index contributed by atoms with van der Waals surface area (Å²) in [4.78, 5) is 10.9. The number of nitrogens with zero attached hydrogens (tertiary/aromatic N) is 3. The lowest BCUT2D eigenvalue weighted by Gasteiger charge is -2.55. The Morgan fingerprint density at radius 1 is 1.29 bits per heavy atom. The summed E-state index contributed by atoms with van der Waals surface area (Å²) in [6.07, 6.45) is 3.76. The molecule has 0 aliphatic carbocycles. The Morgan fingerprint density at radius 3 is 2.43 bits per heavy atom. The molecule has 0 amide bonds. The monoisotopic (exact) mass is 190 g/mol. The third-order valence-electron chi connectivity index (χ3n) is 3.10. The van der Waals surface area contributed by atoms with E-state index in [9.17, 15) is 0 Å². The summed E-state index contributed by atoms with van der Waals surface area (Å²) >= 11 is 0. The van der Waals surface area contributed by atoms with Crippen LogP contribution in [0.25, 0.3) is 0 Å². The molecule has 2 fully saturated rings. The molecule has 0 atom stereocenters. The molecule has 4 nitrogen and oxygen atoms in total. The van der Waals surface area contributed by atoms with Crippen molar-refractivity contribution < 1.29 is 0 Å². The van der Waals surface area contributed by atoms with Gasteiger partial charge in [0.1, 0.15) is 0 Å². The lowest BCUT2D eigenvalue weighted by molar-refractivity contribution is 0.119. The molecule has 2 aliphatic rings. The molecule has 3 rings (SSSR count). The minimum atomic E-state index is 0.550. The summed E-state index contributed by atoms with van der Waals surface area (Å²) in [6, 6.07) is 0. The smallest absolute Gasteiger partial charge is 0.225 e. The topological polar surface area (TPSA) is 41.1 Å². The second-order valence-corrected chi connectivity index (χ2v) is 4.52. The maximum absolute atomic E-state index is 4.32. The van der Waals surface area contributed by atoms with E-state index in [0.29, 0.717) is 5.41 Å². The largest absolute Gasteiger partial charge is 0.339 e. The molecular weight excluding hydrogens is 176 g/mol. The highest BCUT2D eigenvalue weighted by Gasteiger charge is 2.48. The van der Waals surface area contributed by atoms with Gasteiger partial charge in [-0.15, -0.1) is 0 Å². The van der Waals surface area contributed by atoms with Crippen molar-refractivity contribution in [2.75, 3.05) is 31.1 Å². The van der Waals surface area contributed by atoms with Gasteiger partial charge in [0.15, 0.2) is 0 Å². The number of aryl methyl sites for hydroxylation is 1. The van der Waals surface area contributed by atoms with Gasteiger partial charge in [0, 0.05) is 44.0 Å². The van der Waals surface area contributed by atoms with Crippen LogP contribution in [-0.2, 0) is 0 Å². The van der Waals surface area contributed by atoms with Crippen molar-refractivity contribution in [2.24, 2.45) is 5.41 Å². The first-order valence-electron chi connectivity index (χ1n) is 5.02. The number of aromatic nitrogens is 2. The van der Waals surface area contributed by atoms with Gasteiger partial charge in [0.2, 0.25) is 5.95 Å². The van der Waals surface area contributed by atoms with E-state index in [4.69, 9.17) is 0 Å². The Balaban J connectivity index is 1.70. The zero-order chi connectivity index (χ0) is 9.60. The minimum Gasteiger partial charge on any atom is -0.339 e. The maximum Gasteiger partial charge on any atom is 0.225 e. The number of anilines is 1. The van der Waals surface area contributed by atoms with Crippen LogP contribution >= 0.6 is 0 Å². The zero-order valence-electron chi connectivity index (χ0n) is 8.32. The molecule has 2 saturated heterocycles. The van der Waals surface area contributed by atoms with Crippen molar-refractivity contribution in [1.29, 1.82) is 0 Å². The van der Waals surface area contributed by atoms with Gasteiger partial charge in [-0.1, -0.05) is 0 Å². The highest BCUT2D eigenvalue weighted by molar-refractivity contribution is 5.37. The predicted molar refractivity (Wildman–Crippen MR) is 54.3 cm³/mol. The molecule has 1 spiro atoms. The van der Waals surface area contributed by atoms with E-state index in [-0.39, 0.29) is 0 Å². The third kappa shape index (κ3) is 1.10. The Morgan fingerprint density at radius 2 is 1.93 bits per heavy atom. The van der Waals surface area contributed by atoms with Crippen molar-refractivity contribution >= 4 is 5.95 Å². The van der Waals surface area contributed by atoms with E-state index in [1.54, 1.807) is 0 Å². The molecule has 0 bridgehead atoms. The van der Waals surface area contributed by atoms with Gasteiger partial charge in [-0.2, -0.15) is 0 Å².